The first-order valence-electron chi connectivity index (χ1n) is 4.24. The van der Waals surface area contributed by atoms with Gasteiger partial charge in [0, 0.05) is 12.2 Å². The molecule has 0 aliphatic heterocycles. The molecule has 0 spiro atoms. The molecule has 16 heavy (non-hydrogen) atoms. The zero-order valence-electron chi connectivity index (χ0n) is 8.26. The summed E-state index contributed by atoms with van der Waals surface area (Å²) in [7, 11) is 0. The van der Waals surface area contributed by atoms with Crippen LogP contribution in [-0.4, -0.2) is 10.7 Å². The van der Waals surface area contributed by atoms with Crippen LogP contribution in [0, 0.1) is 18.3 Å². The van der Waals surface area contributed by atoms with Crippen molar-refractivity contribution in [3.05, 3.63) is 23.4 Å². The lowest BCUT2D eigenvalue weighted by atomic mass is 10.4. The van der Waals surface area contributed by atoms with Crippen LogP contribution in [0.3, 0.4) is 0 Å². The topological polar surface area (TPSA) is 49.8 Å². The molecule has 7 heteroatoms. The molecule has 0 radical (unpaired) electrons. The predicted molar refractivity (Wildman–Crippen MR) is 51.6 cm³/mol. The summed E-state index contributed by atoms with van der Waals surface area (Å²) in [5.41, 5.74) is 0.428. The van der Waals surface area contributed by atoms with Gasteiger partial charge in [-0.25, -0.2) is 9.37 Å². The van der Waals surface area contributed by atoms with E-state index in [-0.39, 0.29) is 16.7 Å². The lowest BCUT2D eigenvalue weighted by Gasteiger charge is -1.94. The second kappa shape index (κ2) is 5.61. The first kappa shape index (κ1) is 12.6. The maximum Gasteiger partial charge on any atom is 0.301 e. The van der Waals surface area contributed by atoms with Gasteiger partial charge in [0.1, 0.15) is 6.07 Å². The highest BCUT2D eigenvalue weighted by Crippen LogP contribution is 2.23. The molecular formula is C9H7F3N2OS. The summed E-state index contributed by atoms with van der Waals surface area (Å²) in [5, 5.41) is 8.74. The molecule has 0 unspecified atom stereocenters. The normalized spacial score (nSPS) is 9.94. The van der Waals surface area contributed by atoms with Crippen molar-refractivity contribution in [2.75, 3.05) is 5.75 Å². The van der Waals surface area contributed by atoms with Crippen LogP contribution in [0.25, 0.3) is 0 Å². The van der Waals surface area contributed by atoms with Gasteiger partial charge in [0.25, 0.3) is 5.22 Å². The van der Waals surface area contributed by atoms with Gasteiger partial charge in [0.15, 0.2) is 5.83 Å². The zero-order valence-corrected chi connectivity index (χ0v) is 9.08. The molecule has 0 fully saturated rings. The van der Waals surface area contributed by atoms with Crippen molar-refractivity contribution >= 4 is 11.8 Å². The van der Waals surface area contributed by atoms with E-state index in [1.165, 1.54) is 0 Å². The average Bonchev–Trinajstić information content (AvgIpc) is 2.58. The number of thioether (sulfide) groups is 1. The van der Waals surface area contributed by atoms with Gasteiger partial charge >= 0.3 is 6.08 Å². The molecule has 0 N–H and O–H groups in total. The third-order valence-corrected chi connectivity index (χ3v) is 2.46. The number of halogens is 3. The minimum Gasteiger partial charge on any atom is -0.420 e. The predicted octanol–water partition coefficient (Wildman–Crippen LogP) is 3.41. The fraction of sp³-hybridized carbons (Fsp3) is 0.333. The van der Waals surface area contributed by atoms with Crippen molar-refractivity contribution < 1.29 is 17.6 Å². The Balaban J connectivity index is 2.50. The van der Waals surface area contributed by atoms with Crippen LogP contribution in [0.1, 0.15) is 17.9 Å². The smallest absolute Gasteiger partial charge is 0.301 e. The van der Waals surface area contributed by atoms with Gasteiger partial charge in [-0.3, -0.25) is 0 Å². The molecule has 0 aromatic carbocycles. The molecule has 0 saturated heterocycles. The van der Waals surface area contributed by atoms with E-state index < -0.39 is 18.3 Å². The van der Waals surface area contributed by atoms with E-state index in [0.29, 0.717) is 5.69 Å². The van der Waals surface area contributed by atoms with Gasteiger partial charge in [0.05, 0.1) is 5.69 Å². The largest absolute Gasteiger partial charge is 0.420 e. The van der Waals surface area contributed by atoms with Crippen LogP contribution >= 0.6 is 11.8 Å². The molecule has 0 saturated carbocycles. The van der Waals surface area contributed by atoms with Crippen LogP contribution in [0.15, 0.2) is 21.5 Å². The van der Waals surface area contributed by atoms with Crippen LogP contribution in [0.5, 0.6) is 0 Å². The van der Waals surface area contributed by atoms with Crippen molar-refractivity contribution in [1.29, 1.82) is 5.26 Å². The number of aryl methyl sites for hydroxylation is 1. The minimum atomic E-state index is -2.30. The van der Waals surface area contributed by atoms with Crippen LogP contribution in [0.4, 0.5) is 13.2 Å². The van der Waals surface area contributed by atoms with E-state index in [0.717, 1.165) is 11.8 Å². The SMILES string of the molecule is Cc1nc(SCCC(F)=C(F)F)oc1C#N. The molecular weight excluding hydrogens is 241 g/mol. The third kappa shape index (κ3) is 3.31. The second-order valence-corrected chi connectivity index (χ2v) is 3.82. The summed E-state index contributed by atoms with van der Waals surface area (Å²) in [6.45, 7) is 1.59. The zero-order chi connectivity index (χ0) is 12.1. The molecule has 1 aromatic heterocycles. The molecule has 0 aliphatic carbocycles. The highest BCUT2D eigenvalue weighted by atomic mass is 32.2. The molecule has 0 aliphatic rings. The second-order valence-electron chi connectivity index (χ2n) is 2.77. The van der Waals surface area contributed by atoms with Crippen LogP contribution in [0.2, 0.25) is 0 Å². The maximum absolute atomic E-state index is 12.4. The Morgan fingerprint density at radius 1 is 1.50 bits per heavy atom. The quantitative estimate of drug-likeness (QED) is 0.766. The van der Waals surface area contributed by atoms with E-state index in [4.69, 9.17) is 9.68 Å². The Hall–Kier alpha value is -1.42. The number of rotatable bonds is 4. The van der Waals surface area contributed by atoms with Gasteiger partial charge in [0.2, 0.25) is 5.76 Å². The monoisotopic (exact) mass is 248 g/mol. The molecule has 0 bridgehead atoms. The Bertz CT molecular complexity index is 446. The highest BCUT2D eigenvalue weighted by molar-refractivity contribution is 7.99. The molecule has 86 valence electrons. The first-order chi connectivity index (χ1) is 7.54. The summed E-state index contributed by atoms with van der Waals surface area (Å²) < 4.78 is 40.7. The number of oxazole rings is 1. The third-order valence-electron chi connectivity index (χ3n) is 1.63. The summed E-state index contributed by atoms with van der Waals surface area (Å²) in [6.07, 6.45) is -2.70. The number of aromatic nitrogens is 1. The van der Waals surface area contributed by atoms with Gasteiger partial charge < -0.3 is 4.42 Å². The maximum atomic E-state index is 12.4. The van der Waals surface area contributed by atoms with E-state index in [2.05, 4.69) is 4.98 Å². The summed E-state index contributed by atoms with van der Waals surface area (Å²) in [4.78, 5) is 3.87. The van der Waals surface area contributed by atoms with E-state index in [9.17, 15) is 13.2 Å². The molecule has 1 aromatic rings. The Morgan fingerprint density at radius 3 is 2.69 bits per heavy atom. The van der Waals surface area contributed by atoms with Crippen molar-refractivity contribution in [2.24, 2.45) is 0 Å². The highest BCUT2D eigenvalue weighted by Gasteiger charge is 2.10. The number of allylic oxidation sites excluding steroid dienone is 1. The molecule has 1 heterocycles. The number of nitrogens with zero attached hydrogens (tertiary/aromatic N) is 2. The number of hydrogen-bond acceptors (Lipinski definition) is 4. The lowest BCUT2D eigenvalue weighted by molar-refractivity contribution is 0.373. The van der Waals surface area contributed by atoms with Gasteiger partial charge in [-0.2, -0.15) is 14.0 Å². The van der Waals surface area contributed by atoms with Gasteiger partial charge in [-0.1, -0.05) is 11.8 Å². The Labute approximate surface area is 94.0 Å². The van der Waals surface area contributed by atoms with Crippen LogP contribution in [-0.2, 0) is 0 Å². The standard InChI is InChI=1S/C9H7F3N2OS/c1-5-7(4-13)15-9(14-5)16-3-2-6(10)8(11)12/h2-3H2,1H3. The fourth-order valence-electron chi connectivity index (χ4n) is 0.860. The Morgan fingerprint density at radius 2 is 2.19 bits per heavy atom. The summed E-state index contributed by atoms with van der Waals surface area (Å²) in [5.74, 6) is -1.28. The van der Waals surface area contributed by atoms with E-state index in [1.807, 2.05) is 0 Å². The van der Waals surface area contributed by atoms with Crippen molar-refractivity contribution in [3.8, 4) is 6.07 Å². The van der Waals surface area contributed by atoms with Crippen molar-refractivity contribution in [2.45, 2.75) is 18.6 Å². The van der Waals surface area contributed by atoms with Gasteiger partial charge in [-0.05, 0) is 6.92 Å². The molecule has 0 atom stereocenters. The van der Waals surface area contributed by atoms with E-state index >= 15 is 0 Å². The van der Waals surface area contributed by atoms with Gasteiger partial charge in [-0.15, -0.1) is 0 Å². The molecule has 3 nitrogen and oxygen atoms in total. The fourth-order valence-corrected chi connectivity index (χ4v) is 1.66. The van der Waals surface area contributed by atoms with Crippen molar-refractivity contribution in [3.63, 3.8) is 0 Å². The Kier molecular flexibility index (Phi) is 4.43. The molecule has 1 rings (SSSR count). The van der Waals surface area contributed by atoms with Crippen LogP contribution < -0.4 is 0 Å². The number of hydrogen-bond donors (Lipinski definition) is 0. The van der Waals surface area contributed by atoms with Crippen molar-refractivity contribution in [1.82, 2.24) is 4.98 Å². The summed E-state index contributed by atoms with van der Waals surface area (Å²) >= 11 is 0.980. The number of nitriles is 1. The first-order valence-corrected chi connectivity index (χ1v) is 5.23. The average molecular weight is 248 g/mol. The minimum absolute atomic E-state index is 0.0774. The summed E-state index contributed by atoms with van der Waals surface area (Å²) in [6, 6.07) is 1.79. The van der Waals surface area contributed by atoms with E-state index in [1.54, 1.807) is 13.0 Å². The molecule has 0 amide bonds. The lowest BCUT2D eigenvalue weighted by Crippen LogP contribution is -1.83.